The highest BCUT2D eigenvalue weighted by Crippen LogP contribution is 2.28. The van der Waals surface area contributed by atoms with E-state index in [0.717, 1.165) is 37.3 Å². The second-order valence-corrected chi connectivity index (χ2v) is 5.01. The van der Waals surface area contributed by atoms with Crippen molar-refractivity contribution in [3.8, 4) is 0 Å². The smallest absolute Gasteiger partial charge is 0.0543 e. The average Bonchev–Trinajstić information content (AvgIpc) is 2.43. The minimum Gasteiger partial charge on any atom is -0.393 e. The lowest BCUT2D eigenvalue weighted by molar-refractivity contribution is 0.174. The van der Waals surface area contributed by atoms with Gasteiger partial charge in [-0.05, 0) is 50.5 Å². The Labute approximate surface area is 80.7 Å². The number of hydrogen-bond acceptors (Lipinski definition) is 2. The van der Waals surface area contributed by atoms with E-state index in [2.05, 4.69) is 12.2 Å². The number of nitrogens with one attached hydrogen (secondary N) is 1. The van der Waals surface area contributed by atoms with E-state index >= 15 is 0 Å². The van der Waals surface area contributed by atoms with Crippen LogP contribution in [0.5, 0.6) is 0 Å². The van der Waals surface area contributed by atoms with Crippen LogP contribution in [0.3, 0.4) is 0 Å². The summed E-state index contributed by atoms with van der Waals surface area (Å²) in [5, 5.41) is 13.0. The summed E-state index contributed by atoms with van der Waals surface area (Å²) in [5.74, 6) is 1.68. The maximum atomic E-state index is 9.35. The Morgan fingerprint density at radius 3 is 2.54 bits per heavy atom. The minimum atomic E-state index is -0.00730. The molecule has 2 N–H and O–H groups in total. The molecule has 2 aliphatic carbocycles. The monoisotopic (exact) mass is 183 g/mol. The van der Waals surface area contributed by atoms with Gasteiger partial charge in [0.2, 0.25) is 0 Å². The summed E-state index contributed by atoms with van der Waals surface area (Å²) in [7, 11) is 0. The summed E-state index contributed by atoms with van der Waals surface area (Å²) in [6, 6.07) is 0.785. The number of hydrogen-bond donors (Lipinski definition) is 2. The van der Waals surface area contributed by atoms with Gasteiger partial charge in [-0.3, -0.25) is 0 Å². The number of rotatable bonds is 3. The van der Waals surface area contributed by atoms with E-state index < -0.39 is 0 Å². The summed E-state index contributed by atoms with van der Waals surface area (Å²) >= 11 is 0. The first-order valence-corrected chi connectivity index (χ1v) is 5.65. The molecule has 2 rings (SSSR count). The maximum absolute atomic E-state index is 9.35. The normalized spacial score (nSPS) is 44.8. The van der Waals surface area contributed by atoms with Gasteiger partial charge in [-0.1, -0.05) is 6.92 Å². The van der Waals surface area contributed by atoms with E-state index in [-0.39, 0.29) is 6.10 Å². The average molecular weight is 183 g/mol. The highest BCUT2D eigenvalue weighted by atomic mass is 16.3. The van der Waals surface area contributed by atoms with Crippen molar-refractivity contribution in [2.45, 2.75) is 51.2 Å². The van der Waals surface area contributed by atoms with Gasteiger partial charge < -0.3 is 10.4 Å². The van der Waals surface area contributed by atoms with Gasteiger partial charge >= 0.3 is 0 Å². The van der Waals surface area contributed by atoms with E-state index in [1.807, 2.05) is 0 Å². The molecule has 0 saturated heterocycles. The lowest BCUT2D eigenvalue weighted by atomic mass is 9.81. The highest BCUT2D eigenvalue weighted by Gasteiger charge is 2.27. The molecule has 2 fully saturated rings. The molecule has 0 aliphatic heterocycles. The molecule has 0 heterocycles. The third kappa shape index (κ3) is 2.44. The maximum Gasteiger partial charge on any atom is 0.0543 e. The molecule has 2 heteroatoms. The van der Waals surface area contributed by atoms with Crippen LogP contribution in [-0.2, 0) is 0 Å². The molecule has 2 nitrogen and oxygen atoms in total. The molecule has 2 aliphatic rings. The van der Waals surface area contributed by atoms with E-state index in [4.69, 9.17) is 0 Å². The summed E-state index contributed by atoms with van der Waals surface area (Å²) < 4.78 is 0. The molecule has 0 aromatic rings. The summed E-state index contributed by atoms with van der Waals surface area (Å²) in [4.78, 5) is 0. The third-order valence-electron chi connectivity index (χ3n) is 3.58. The Balaban J connectivity index is 1.58. The Morgan fingerprint density at radius 2 is 2.00 bits per heavy atom. The predicted molar refractivity (Wildman–Crippen MR) is 53.5 cm³/mol. The van der Waals surface area contributed by atoms with Gasteiger partial charge in [0.05, 0.1) is 6.10 Å². The first-order valence-electron chi connectivity index (χ1n) is 5.65. The van der Waals surface area contributed by atoms with Crippen molar-refractivity contribution >= 4 is 0 Å². The zero-order valence-corrected chi connectivity index (χ0v) is 8.50. The van der Waals surface area contributed by atoms with Crippen LogP contribution in [-0.4, -0.2) is 23.8 Å². The van der Waals surface area contributed by atoms with Crippen LogP contribution in [0.1, 0.15) is 39.0 Å². The topological polar surface area (TPSA) is 32.3 Å². The van der Waals surface area contributed by atoms with Crippen LogP contribution in [0.25, 0.3) is 0 Å². The Kier molecular flexibility index (Phi) is 2.89. The molecular formula is C11H21NO. The molecule has 76 valence electrons. The van der Waals surface area contributed by atoms with Crippen LogP contribution in [0, 0.1) is 11.8 Å². The molecule has 0 amide bonds. The van der Waals surface area contributed by atoms with E-state index in [1.165, 1.54) is 19.3 Å². The third-order valence-corrected chi connectivity index (χ3v) is 3.58. The van der Waals surface area contributed by atoms with Crippen LogP contribution in [0.15, 0.2) is 0 Å². The molecule has 0 radical (unpaired) electrons. The van der Waals surface area contributed by atoms with E-state index in [0.29, 0.717) is 0 Å². The van der Waals surface area contributed by atoms with Gasteiger partial charge in [-0.25, -0.2) is 0 Å². The largest absolute Gasteiger partial charge is 0.393 e. The van der Waals surface area contributed by atoms with Gasteiger partial charge in [-0.2, -0.15) is 0 Å². The van der Waals surface area contributed by atoms with E-state index in [1.54, 1.807) is 0 Å². The lowest BCUT2D eigenvalue weighted by Gasteiger charge is -2.34. The van der Waals surface area contributed by atoms with Crippen LogP contribution >= 0.6 is 0 Å². The first kappa shape index (κ1) is 9.47. The Morgan fingerprint density at radius 1 is 1.23 bits per heavy atom. The van der Waals surface area contributed by atoms with Gasteiger partial charge in [0.15, 0.2) is 0 Å². The Bertz CT molecular complexity index is 165. The second kappa shape index (κ2) is 3.97. The highest BCUT2D eigenvalue weighted by molar-refractivity contribution is 4.84. The molecule has 0 bridgehead atoms. The van der Waals surface area contributed by atoms with Crippen molar-refractivity contribution in [1.29, 1.82) is 0 Å². The SMILES string of the molecule is CC1CC(NCC2CCC(O)C2)C1. The molecule has 0 aromatic carbocycles. The predicted octanol–water partition coefficient (Wildman–Crippen LogP) is 1.54. The number of aliphatic hydroxyl groups excluding tert-OH is 1. The standard InChI is InChI=1S/C11H21NO/c1-8-4-10(5-8)12-7-9-2-3-11(13)6-9/h8-13H,2-7H2,1H3. The van der Waals surface area contributed by atoms with Crippen molar-refractivity contribution in [3.05, 3.63) is 0 Å². The first-order chi connectivity index (χ1) is 6.24. The minimum absolute atomic E-state index is 0.00730. The molecular weight excluding hydrogens is 162 g/mol. The van der Waals surface area contributed by atoms with Crippen LogP contribution in [0.2, 0.25) is 0 Å². The molecule has 0 aromatic heterocycles. The quantitative estimate of drug-likeness (QED) is 0.695. The number of aliphatic hydroxyl groups is 1. The fraction of sp³-hybridized carbons (Fsp3) is 1.00. The lowest BCUT2D eigenvalue weighted by Crippen LogP contribution is -2.42. The van der Waals surface area contributed by atoms with Gasteiger partial charge in [0.25, 0.3) is 0 Å². The van der Waals surface area contributed by atoms with Crippen molar-refractivity contribution in [3.63, 3.8) is 0 Å². The van der Waals surface area contributed by atoms with Crippen molar-refractivity contribution in [2.24, 2.45) is 11.8 Å². The van der Waals surface area contributed by atoms with E-state index in [9.17, 15) is 5.11 Å². The molecule has 2 unspecified atom stereocenters. The molecule has 2 atom stereocenters. The van der Waals surface area contributed by atoms with Gasteiger partial charge in [0, 0.05) is 6.04 Å². The second-order valence-electron chi connectivity index (χ2n) is 5.01. The zero-order chi connectivity index (χ0) is 9.26. The van der Waals surface area contributed by atoms with Gasteiger partial charge in [-0.15, -0.1) is 0 Å². The van der Waals surface area contributed by atoms with Crippen LogP contribution in [0.4, 0.5) is 0 Å². The van der Waals surface area contributed by atoms with Crippen molar-refractivity contribution < 1.29 is 5.11 Å². The van der Waals surface area contributed by atoms with Crippen molar-refractivity contribution in [1.82, 2.24) is 5.32 Å². The van der Waals surface area contributed by atoms with Crippen LogP contribution < -0.4 is 5.32 Å². The fourth-order valence-corrected chi connectivity index (χ4v) is 2.64. The summed E-state index contributed by atoms with van der Waals surface area (Å²) in [5.41, 5.74) is 0. The van der Waals surface area contributed by atoms with Crippen molar-refractivity contribution in [2.75, 3.05) is 6.54 Å². The molecule has 0 spiro atoms. The summed E-state index contributed by atoms with van der Waals surface area (Å²) in [6.07, 6.45) is 5.97. The van der Waals surface area contributed by atoms with Gasteiger partial charge in [0.1, 0.15) is 0 Å². The molecule has 13 heavy (non-hydrogen) atoms. The zero-order valence-electron chi connectivity index (χ0n) is 8.50. The molecule has 2 saturated carbocycles. The fourth-order valence-electron chi connectivity index (χ4n) is 2.64. The Hall–Kier alpha value is -0.0800. The summed E-state index contributed by atoms with van der Waals surface area (Å²) in [6.45, 7) is 3.45.